The van der Waals surface area contributed by atoms with Gasteiger partial charge in [-0.15, -0.1) is 11.6 Å². The summed E-state index contributed by atoms with van der Waals surface area (Å²) in [5.41, 5.74) is 2.50. The molecule has 1 heteroatoms. The Hall–Kier alpha value is -0.930. The highest BCUT2D eigenvalue weighted by Crippen LogP contribution is 2.18. The first-order chi connectivity index (χ1) is 7.77. The molecule has 0 amide bonds. The molecule has 0 aliphatic heterocycles. The first-order valence-corrected chi connectivity index (χ1v) is 6.46. The van der Waals surface area contributed by atoms with Crippen molar-refractivity contribution >= 4 is 11.6 Å². The Morgan fingerprint density at radius 2 is 1.94 bits per heavy atom. The van der Waals surface area contributed by atoms with Gasteiger partial charge < -0.3 is 0 Å². The Labute approximate surface area is 104 Å². The van der Waals surface area contributed by atoms with Gasteiger partial charge in [0.15, 0.2) is 0 Å². The zero-order valence-corrected chi connectivity index (χ0v) is 10.8. The quantitative estimate of drug-likeness (QED) is 0.407. The number of unbranched alkanes of at least 4 members (excludes halogenated alkanes) is 1. The average Bonchev–Trinajstić information content (AvgIpc) is 2.34. The second-order valence-electron chi connectivity index (χ2n) is 4.03. The Bertz CT molecular complexity index is 353. The van der Waals surface area contributed by atoms with Gasteiger partial charge in [-0.1, -0.05) is 37.8 Å². The molecular formula is C15H19Cl. The van der Waals surface area contributed by atoms with Crippen molar-refractivity contribution in [1.29, 1.82) is 0 Å². The summed E-state index contributed by atoms with van der Waals surface area (Å²) in [7, 11) is 0. The molecule has 0 saturated heterocycles. The van der Waals surface area contributed by atoms with Gasteiger partial charge in [-0.25, -0.2) is 0 Å². The molecular weight excluding hydrogens is 216 g/mol. The van der Waals surface area contributed by atoms with Crippen molar-refractivity contribution in [3.8, 4) is 11.8 Å². The van der Waals surface area contributed by atoms with Crippen LogP contribution in [0.5, 0.6) is 0 Å². The van der Waals surface area contributed by atoms with Crippen LogP contribution in [-0.4, -0.2) is 5.88 Å². The SMILES string of the molecule is CCC(C)c1ccc(C#CCCCCl)cc1. The van der Waals surface area contributed by atoms with Crippen LogP contribution < -0.4 is 0 Å². The highest BCUT2D eigenvalue weighted by atomic mass is 35.5. The van der Waals surface area contributed by atoms with Crippen LogP contribution in [0.2, 0.25) is 0 Å². The third-order valence-electron chi connectivity index (χ3n) is 2.76. The van der Waals surface area contributed by atoms with Crippen molar-refractivity contribution in [3.05, 3.63) is 35.4 Å². The van der Waals surface area contributed by atoms with E-state index in [1.807, 2.05) is 0 Å². The van der Waals surface area contributed by atoms with Crippen LogP contribution in [-0.2, 0) is 0 Å². The van der Waals surface area contributed by atoms with E-state index < -0.39 is 0 Å². The van der Waals surface area contributed by atoms with E-state index in [2.05, 4.69) is 50.0 Å². The number of hydrogen-bond donors (Lipinski definition) is 0. The third kappa shape index (κ3) is 4.29. The van der Waals surface area contributed by atoms with E-state index in [0.29, 0.717) is 11.8 Å². The first-order valence-electron chi connectivity index (χ1n) is 5.92. The molecule has 1 aromatic carbocycles. The number of rotatable bonds is 4. The van der Waals surface area contributed by atoms with Crippen LogP contribution >= 0.6 is 11.6 Å². The van der Waals surface area contributed by atoms with Gasteiger partial charge in [0.1, 0.15) is 0 Å². The normalized spacial score (nSPS) is 11.7. The summed E-state index contributed by atoms with van der Waals surface area (Å²) in [6.45, 7) is 4.46. The lowest BCUT2D eigenvalue weighted by atomic mass is 9.98. The minimum atomic E-state index is 0.637. The average molecular weight is 235 g/mol. The molecule has 0 bridgehead atoms. The zero-order chi connectivity index (χ0) is 11.8. The molecule has 0 radical (unpaired) electrons. The molecule has 0 aliphatic rings. The van der Waals surface area contributed by atoms with Crippen LogP contribution in [0.15, 0.2) is 24.3 Å². The summed E-state index contributed by atoms with van der Waals surface area (Å²) in [4.78, 5) is 0. The summed E-state index contributed by atoms with van der Waals surface area (Å²) in [5.74, 6) is 7.62. The highest BCUT2D eigenvalue weighted by Gasteiger charge is 2.00. The summed E-state index contributed by atoms with van der Waals surface area (Å²) < 4.78 is 0. The van der Waals surface area contributed by atoms with E-state index in [4.69, 9.17) is 11.6 Å². The predicted molar refractivity (Wildman–Crippen MR) is 72.0 cm³/mol. The molecule has 1 aromatic rings. The molecule has 1 rings (SSSR count). The van der Waals surface area contributed by atoms with Crippen molar-refractivity contribution in [3.63, 3.8) is 0 Å². The maximum atomic E-state index is 5.59. The van der Waals surface area contributed by atoms with Gasteiger partial charge in [0.25, 0.3) is 0 Å². The van der Waals surface area contributed by atoms with Gasteiger partial charge in [0.05, 0.1) is 0 Å². The monoisotopic (exact) mass is 234 g/mol. The van der Waals surface area contributed by atoms with E-state index in [9.17, 15) is 0 Å². The second-order valence-corrected chi connectivity index (χ2v) is 4.40. The largest absolute Gasteiger partial charge is 0.127 e. The van der Waals surface area contributed by atoms with E-state index in [0.717, 1.165) is 18.4 Å². The van der Waals surface area contributed by atoms with E-state index in [-0.39, 0.29) is 0 Å². The van der Waals surface area contributed by atoms with Crippen molar-refractivity contribution in [2.24, 2.45) is 0 Å². The number of alkyl halides is 1. The summed E-state index contributed by atoms with van der Waals surface area (Å²) in [6.07, 6.45) is 3.04. The number of halogens is 1. The molecule has 0 aliphatic carbocycles. The smallest absolute Gasteiger partial charge is 0.0245 e. The zero-order valence-electron chi connectivity index (χ0n) is 10.1. The number of benzene rings is 1. The molecule has 16 heavy (non-hydrogen) atoms. The topological polar surface area (TPSA) is 0 Å². The predicted octanol–water partition coefficient (Wildman–Crippen LogP) is 4.57. The highest BCUT2D eigenvalue weighted by molar-refractivity contribution is 6.17. The number of hydrogen-bond acceptors (Lipinski definition) is 0. The fourth-order valence-electron chi connectivity index (χ4n) is 1.45. The lowest BCUT2D eigenvalue weighted by Crippen LogP contribution is -1.90. The summed E-state index contributed by atoms with van der Waals surface area (Å²) in [6, 6.07) is 8.57. The lowest BCUT2D eigenvalue weighted by Gasteiger charge is -2.07. The minimum absolute atomic E-state index is 0.637. The van der Waals surface area contributed by atoms with Gasteiger partial charge >= 0.3 is 0 Å². The molecule has 0 nitrogen and oxygen atoms in total. The Morgan fingerprint density at radius 3 is 2.50 bits per heavy atom. The van der Waals surface area contributed by atoms with Crippen molar-refractivity contribution in [1.82, 2.24) is 0 Å². The molecule has 0 fully saturated rings. The Morgan fingerprint density at radius 1 is 1.25 bits per heavy atom. The molecule has 0 aromatic heterocycles. The van der Waals surface area contributed by atoms with Crippen LogP contribution in [0.1, 0.15) is 50.2 Å². The van der Waals surface area contributed by atoms with Gasteiger partial charge in [-0.2, -0.15) is 0 Å². The van der Waals surface area contributed by atoms with E-state index >= 15 is 0 Å². The molecule has 1 atom stereocenters. The van der Waals surface area contributed by atoms with E-state index in [1.165, 1.54) is 12.0 Å². The Kier molecular flexibility index (Phi) is 6.04. The van der Waals surface area contributed by atoms with Crippen molar-refractivity contribution < 1.29 is 0 Å². The Balaban J connectivity index is 2.59. The molecule has 0 spiro atoms. The van der Waals surface area contributed by atoms with Gasteiger partial charge in [-0.05, 0) is 36.5 Å². The van der Waals surface area contributed by atoms with Gasteiger partial charge in [-0.3, -0.25) is 0 Å². The molecule has 86 valence electrons. The second kappa shape index (κ2) is 7.36. The summed E-state index contributed by atoms with van der Waals surface area (Å²) in [5, 5.41) is 0. The van der Waals surface area contributed by atoms with Crippen LogP contribution in [0, 0.1) is 11.8 Å². The molecule has 0 heterocycles. The third-order valence-corrected chi connectivity index (χ3v) is 3.03. The molecule has 0 saturated carbocycles. The lowest BCUT2D eigenvalue weighted by molar-refractivity contribution is 0.733. The molecule has 1 unspecified atom stereocenters. The van der Waals surface area contributed by atoms with Gasteiger partial charge in [0.2, 0.25) is 0 Å². The maximum absolute atomic E-state index is 5.59. The fraction of sp³-hybridized carbons (Fsp3) is 0.467. The summed E-state index contributed by atoms with van der Waals surface area (Å²) >= 11 is 5.59. The van der Waals surface area contributed by atoms with E-state index in [1.54, 1.807) is 0 Å². The van der Waals surface area contributed by atoms with Crippen molar-refractivity contribution in [2.75, 3.05) is 5.88 Å². The van der Waals surface area contributed by atoms with Gasteiger partial charge in [0, 0.05) is 17.9 Å². The first kappa shape index (κ1) is 13.1. The fourth-order valence-corrected chi connectivity index (χ4v) is 1.58. The van der Waals surface area contributed by atoms with Crippen LogP contribution in [0.4, 0.5) is 0 Å². The molecule has 0 N–H and O–H groups in total. The minimum Gasteiger partial charge on any atom is -0.127 e. The van der Waals surface area contributed by atoms with Crippen molar-refractivity contribution in [2.45, 2.75) is 39.0 Å². The van der Waals surface area contributed by atoms with Crippen LogP contribution in [0.25, 0.3) is 0 Å². The van der Waals surface area contributed by atoms with Crippen LogP contribution in [0.3, 0.4) is 0 Å². The maximum Gasteiger partial charge on any atom is 0.0245 e. The standard InChI is InChI=1S/C15H19Cl/c1-3-13(2)15-10-8-14(9-11-15)7-5-4-6-12-16/h8-11,13H,3-4,6,12H2,1-2H3.